The summed E-state index contributed by atoms with van der Waals surface area (Å²) in [5.74, 6) is 6.78. The second-order valence-electron chi connectivity index (χ2n) is 6.09. The maximum absolute atomic E-state index is 11.5. The lowest BCUT2D eigenvalue weighted by Gasteiger charge is -2.18. The van der Waals surface area contributed by atoms with Gasteiger partial charge >= 0.3 is 6.09 Å². The Morgan fingerprint density at radius 3 is 2.52 bits per heavy atom. The maximum atomic E-state index is 11.5. The molecule has 1 N–H and O–H groups in total. The number of fused-ring (bicyclic) bond motifs is 1. The van der Waals surface area contributed by atoms with Crippen molar-refractivity contribution in [2.75, 3.05) is 13.7 Å². The van der Waals surface area contributed by atoms with E-state index in [-0.39, 0.29) is 6.54 Å². The lowest BCUT2D eigenvalue weighted by molar-refractivity contribution is 0.0535. The number of benzene rings is 2. The van der Waals surface area contributed by atoms with E-state index >= 15 is 0 Å². The van der Waals surface area contributed by atoms with Crippen LogP contribution in [0.2, 0.25) is 0 Å². The van der Waals surface area contributed by atoms with Crippen LogP contribution in [0.3, 0.4) is 0 Å². The number of methoxy groups -OCH3 is 1. The molecule has 0 atom stereocenters. The van der Waals surface area contributed by atoms with Crippen molar-refractivity contribution in [1.82, 2.24) is 5.32 Å². The van der Waals surface area contributed by atoms with Crippen LogP contribution in [0.1, 0.15) is 26.3 Å². The highest BCUT2D eigenvalue weighted by Gasteiger charge is 2.14. The fourth-order valence-corrected chi connectivity index (χ4v) is 2.01. The van der Waals surface area contributed by atoms with E-state index in [4.69, 9.17) is 9.47 Å². The number of amides is 1. The van der Waals surface area contributed by atoms with Gasteiger partial charge in [0.05, 0.1) is 13.7 Å². The summed E-state index contributed by atoms with van der Waals surface area (Å²) in [5, 5.41) is 4.80. The molecule has 0 fully saturated rings. The molecular formula is C19H21NO3. The molecule has 0 aliphatic carbocycles. The highest BCUT2D eigenvalue weighted by molar-refractivity contribution is 5.85. The Hall–Kier alpha value is -2.67. The van der Waals surface area contributed by atoms with E-state index in [1.165, 1.54) is 0 Å². The topological polar surface area (TPSA) is 47.6 Å². The SMILES string of the molecule is COc1ccc2cc(C#CCNC(=O)OC(C)(C)C)ccc2c1. The molecule has 0 heterocycles. The van der Waals surface area contributed by atoms with Crippen LogP contribution in [0.5, 0.6) is 5.75 Å². The van der Waals surface area contributed by atoms with Gasteiger partial charge in [-0.2, -0.15) is 0 Å². The number of ether oxygens (including phenoxy) is 2. The second-order valence-corrected chi connectivity index (χ2v) is 6.09. The predicted octanol–water partition coefficient (Wildman–Crippen LogP) is 3.72. The first kappa shape index (κ1) is 16.7. The Balaban J connectivity index is 1.99. The van der Waals surface area contributed by atoms with Gasteiger partial charge in [-0.05, 0) is 55.8 Å². The number of carbonyl (C=O) groups excluding carboxylic acids is 1. The molecule has 1 amide bonds. The van der Waals surface area contributed by atoms with Crippen LogP contribution in [0.15, 0.2) is 36.4 Å². The Kier molecular flexibility index (Phi) is 5.13. The van der Waals surface area contributed by atoms with Gasteiger partial charge in [0.1, 0.15) is 11.4 Å². The summed E-state index contributed by atoms with van der Waals surface area (Å²) in [6.45, 7) is 5.71. The van der Waals surface area contributed by atoms with E-state index in [1.807, 2.05) is 57.2 Å². The van der Waals surface area contributed by atoms with Gasteiger partial charge < -0.3 is 14.8 Å². The fraction of sp³-hybridized carbons (Fsp3) is 0.316. The third kappa shape index (κ3) is 5.23. The third-order valence-electron chi connectivity index (χ3n) is 3.00. The van der Waals surface area contributed by atoms with Gasteiger partial charge in [0.25, 0.3) is 0 Å². The Labute approximate surface area is 136 Å². The van der Waals surface area contributed by atoms with Crippen LogP contribution in [-0.2, 0) is 4.74 Å². The van der Waals surface area contributed by atoms with Crippen molar-refractivity contribution in [3.05, 3.63) is 42.0 Å². The van der Waals surface area contributed by atoms with Gasteiger partial charge in [-0.3, -0.25) is 0 Å². The molecule has 0 spiro atoms. The molecule has 0 radical (unpaired) electrons. The molecule has 2 aromatic rings. The van der Waals surface area contributed by atoms with Gasteiger partial charge in [0, 0.05) is 5.56 Å². The lowest BCUT2D eigenvalue weighted by atomic mass is 10.1. The summed E-state index contributed by atoms with van der Waals surface area (Å²) < 4.78 is 10.3. The third-order valence-corrected chi connectivity index (χ3v) is 3.00. The average molecular weight is 311 g/mol. The van der Waals surface area contributed by atoms with E-state index < -0.39 is 11.7 Å². The molecule has 4 heteroatoms. The molecule has 120 valence electrons. The van der Waals surface area contributed by atoms with Crippen molar-refractivity contribution in [2.24, 2.45) is 0 Å². The number of hydrogen-bond acceptors (Lipinski definition) is 3. The molecule has 0 aliphatic rings. The Bertz CT molecular complexity index is 764. The number of rotatable bonds is 2. The molecule has 0 saturated carbocycles. The molecule has 0 aromatic heterocycles. The Morgan fingerprint density at radius 1 is 1.13 bits per heavy atom. The van der Waals surface area contributed by atoms with E-state index in [1.54, 1.807) is 7.11 Å². The zero-order valence-corrected chi connectivity index (χ0v) is 13.9. The highest BCUT2D eigenvalue weighted by Crippen LogP contribution is 2.21. The van der Waals surface area contributed by atoms with E-state index in [2.05, 4.69) is 17.2 Å². The monoisotopic (exact) mass is 311 g/mol. The van der Waals surface area contributed by atoms with Crippen LogP contribution < -0.4 is 10.1 Å². The van der Waals surface area contributed by atoms with Gasteiger partial charge in [-0.25, -0.2) is 4.79 Å². The minimum absolute atomic E-state index is 0.246. The molecule has 2 rings (SSSR count). The molecule has 0 saturated heterocycles. The van der Waals surface area contributed by atoms with Gasteiger partial charge in [-0.15, -0.1) is 0 Å². The highest BCUT2D eigenvalue weighted by atomic mass is 16.6. The van der Waals surface area contributed by atoms with Gasteiger partial charge in [0.15, 0.2) is 0 Å². The van der Waals surface area contributed by atoms with E-state index in [9.17, 15) is 4.79 Å². The maximum Gasteiger partial charge on any atom is 0.408 e. The molecule has 0 aliphatic heterocycles. The molecule has 2 aromatic carbocycles. The largest absolute Gasteiger partial charge is 0.497 e. The predicted molar refractivity (Wildman–Crippen MR) is 91.6 cm³/mol. The standard InChI is InChI=1S/C19H21NO3/c1-19(2,3)23-18(21)20-11-5-6-14-7-8-16-13-17(22-4)10-9-15(16)12-14/h7-10,12-13H,11H2,1-4H3,(H,20,21). The minimum Gasteiger partial charge on any atom is -0.497 e. The van der Waals surface area contributed by atoms with Crippen LogP contribution in [0.25, 0.3) is 10.8 Å². The van der Waals surface area contributed by atoms with Crippen LogP contribution in [0.4, 0.5) is 4.79 Å². The molecular weight excluding hydrogens is 290 g/mol. The summed E-state index contributed by atoms with van der Waals surface area (Å²) in [4.78, 5) is 11.5. The first-order chi connectivity index (χ1) is 10.9. The normalized spacial score (nSPS) is 10.6. The summed E-state index contributed by atoms with van der Waals surface area (Å²) in [6.07, 6.45) is -0.461. The zero-order chi connectivity index (χ0) is 16.9. The number of nitrogens with one attached hydrogen (secondary N) is 1. The first-order valence-electron chi connectivity index (χ1n) is 7.41. The quantitative estimate of drug-likeness (QED) is 0.860. The van der Waals surface area contributed by atoms with E-state index in [0.717, 1.165) is 22.1 Å². The van der Waals surface area contributed by atoms with Gasteiger partial charge in [0.2, 0.25) is 0 Å². The van der Waals surface area contributed by atoms with Crippen molar-refractivity contribution in [2.45, 2.75) is 26.4 Å². The molecule has 0 bridgehead atoms. The van der Waals surface area contributed by atoms with Gasteiger partial charge in [-0.1, -0.05) is 24.0 Å². The Morgan fingerprint density at radius 2 is 1.83 bits per heavy atom. The summed E-state index contributed by atoms with van der Waals surface area (Å²) >= 11 is 0. The van der Waals surface area contributed by atoms with Crippen molar-refractivity contribution in [1.29, 1.82) is 0 Å². The van der Waals surface area contributed by atoms with Crippen molar-refractivity contribution in [3.63, 3.8) is 0 Å². The van der Waals surface area contributed by atoms with Crippen molar-refractivity contribution >= 4 is 16.9 Å². The number of alkyl carbamates (subject to hydrolysis) is 1. The smallest absolute Gasteiger partial charge is 0.408 e. The van der Waals surface area contributed by atoms with E-state index in [0.29, 0.717) is 0 Å². The van der Waals surface area contributed by atoms with Crippen molar-refractivity contribution < 1.29 is 14.3 Å². The fourth-order valence-electron chi connectivity index (χ4n) is 2.01. The van der Waals surface area contributed by atoms with Crippen molar-refractivity contribution in [3.8, 4) is 17.6 Å². The van der Waals surface area contributed by atoms with Crippen LogP contribution in [0, 0.1) is 11.8 Å². The average Bonchev–Trinajstić information content (AvgIpc) is 2.49. The summed E-state index contributed by atoms with van der Waals surface area (Å²) in [7, 11) is 1.65. The number of carbonyl (C=O) groups is 1. The molecule has 4 nitrogen and oxygen atoms in total. The lowest BCUT2D eigenvalue weighted by Crippen LogP contribution is -2.32. The zero-order valence-electron chi connectivity index (χ0n) is 13.9. The number of hydrogen-bond donors (Lipinski definition) is 1. The second kappa shape index (κ2) is 7.06. The van der Waals surface area contributed by atoms with Crippen LogP contribution in [-0.4, -0.2) is 25.3 Å². The molecule has 0 unspecified atom stereocenters. The van der Waals surface area contributed by atoms with Crippen LogP contribution >= 0.6 is 0 Å². The summed E-state index contributed by atoms with van der Waals surface area (Å²) in [5.41, 5.74) is 0.394. The summed E-state index contributed by atoms with van der Waals surface area (Å²) in [6, 6.07) is 11.9. The first-order valence-corrected chi connectivity index (χ1v) is 7.41. The minimum atomic E-state index is -0.503. The molecule has 23 heavy (non-hydrogen) atoms.